The van der Waals surface area contributed by atoms with Crippen LogP contribution in [0.2, 0.25) is 0 Å². The number of fused-ring (bicyclic) bond motifs is 2. The van der Waals surface area contributed by atoms with Crippen LogP contribution < -0.4 is 36.6 Å². The molecule has 3 aliphatic rings. The van der Waals surface area contributed by atoms with E-state index >= 15 is 0 Å². The second kappa shape index (κ2) is 18.9. The molecule has 1 unspecified atom stereocenters. The Morgan fingerprint density at radius 3 is 2.39 bits per heavy atom. The van der Waals surface area contributed by atoms with Gasteiger partial charge >= 0.3 is 5.69 Å². The van der Waals surface area contributed by atoms with Crippen molar-refractivity contribution in [2.45, 2.75) is 57.5 Å². The largest absolute Gasteiger partial charge is 0.494 e. The highest BCUT2D eigenvalue weighted by Gasteiger charge is 2.32. The number of carbonyl (C=O) groups is 2. The number of rotatable bonds is 13. The third-order valence-electron chi connectivity index (χ3n) is 13.4. The van der Waals surface area contributed by atoms with Gasteiger partial charge in [-0.2, -0.15) is 4.98 Å². The van der Waals surface area contributed by atoms with Crippen molar-refractivity contribution in [3.63, 3.8) is 0 Å². The zero-order valence-electron chi connectivity index (χ0n) is 38.1. The summed E-state index contributed by atoms with van der Waals surface area (Å²) in [6.45, 7) is 12.7. The number of aryl methyl sites for hydroxylation is 2. The molecule has 3 N–H and O–H groups in total. The number of benzene rings is 3. The van der Waals surface area contributed by atoms with Crippen molar-refractivity contribution in [3.8, 4) is 5.75 Å². The fourth-order valence-electron chi connectivity index (χ4n) is 9.92. The average Bonchev–Trinajstić information content (AvgIpc) is 3.56. The van der Waals surface area contributed by atoms with Crippen molar-refractivity contribution in [3.05, 3.63) is 93.1 Å². The number of hydrogen-bond acceptors (Lipinski definition) is 13. The first-order valence-corrected chi connectivity index (χ1v) is 26.1. The zero-order chi connectivity index (χ0) is 46.3. The number of nitrogens with one attached hydrogen (secondary N) is 3. The van der Waals surface area contributed by atoms with E-state index in [0.29, 0.717) is 45.7 Å². The Hall–Kier alpha value is -5.61. The molecule has 3 aromatic heterocycles. The van der Waals surface area contributed by atoms with Crippen LogP contribution >= 0.6 is 23.1 Å². The molecule has 16 nitrogen and oxygen atoms in total. The number of amides is 2. The Morgan fingerprint density at radius 2 is 1.67 bits per heavy atom. The number of pyridine rings is 1. The van der Waals surface area contributed by atoms with E-state index in [1.165, 1.54) is 15.8 Å². The Morgan fingerprint density at radius 1 is 0.894 bits per heavy atom. The molecule has 3 aromatic carbocycles. The lowest BCUT2D eigenvalue weighted by Crippen LogP contribution is -2.53. The van der Waals surface area contributed by atoms with Crippen LogP contribution in [0.25, 0.3) is 21.9 Å². The highest BCUT2D eigenvalue weighted by molar-refractivity contribution is 9.10. The minimum absolute atomic E-state index is 0.222. The fraction of sp³-hybridized carbons (Fsp3) is 0.417. The average molecular weight is 979 g/mol. The summed E-state index contributed by atoms with van der Waals surface area (Å²) in [6, 6.07) is 17.9. The minimum atomic E-state index is -2.71. The molecule has 0 bridgehead atoms. The number of piperazine rings is 1. The summed E-state index contributed by atoms with van der Waals surface area (Å²) in [5.74, 6) is 0.888. The van der Waals surface area contributed by atoms with Gasteiger partial charge in [-0.1, -0.05) is 31.2 Å². The lowest BCUT2D eigenvalue weighted by atomic mass is 9.99. The molecule has 6 aromatic rings. The van der Waals surface area contributed by atoms with Crippen LogP contribution in [-0.2, 0) is 34.0 Å². The number of para-hydroxylation sites is 1. The van der Waals surface area contributed by atoms with Crippen molar-refractivity contribution < 1.29 is 18.9 Å². The molecule has 18 heteroatoms. The highest BCUT2D eigenvalue weighted by Crippen LogP contribution is 2.42. The molecule has 0 spiro atoms. The summed E-state index contributed by atoms with van der Waals surface area (Å²) >= 11 is 3.61. The quantitative estimate of drug-likeness (QED) is 0.0842. The number of nitrogens with zero attached hydrogens (tertiary/aromatic N) is 8. The van der Waals surface area contributed by atoms with Gasteiger partial charge < -0.3 is 29.7 Å². The summed E-state index contributed by atoms with van der Waals surface area (Å²) in [7, 11) is 0.712. The maximum Gasteiger partial charge on any atom is 0.329 e. The lowest BCUT2D eigenvalue weighted by Gasteiger charge is -2.43. The van der Waals surface area contributed by atoms with Gasteiger partial charge in [0.1, 0.15) is 24.8 Å². The molecule has 3 aliphatic heterocycles. The first-order chi connectivity index (χ1) is 31.8. The molecule has 3 saturated heterocycles. The summed E-state index contributed by atoms with van der Waals surface area (Å²) in [5.41, 5.74) is 7.01. The van der Waals surface area contributed by atoms with Gasteiger partial charge in [-0.05, 0) is 96.8 Å². The summed E-state index contributed by atoms with van der Waals surface area (Å²) in [5, 5.41) is 10.8. The van der Waals surface area contributed by atoms with Crippen LogP contribution in [0.5, 0.6) is 5.75 Å². The smallest absolute Gasteiger partial charge is 0.329 e. The summed E-state index contributed by atoms with van der Waals surface area (Å²) < 4.78 is 23.3. The van der Waals surface area contributed by atoms with Crippen LogP contribution in [-0.4, -0.2) is 118 Å². The monoisotopic (exact) mass is 977 g/mol. The number of aromatic nitrogens is 5. The van der Waals surface area contributed by atoms with E-state index in [9.17, 15) is 18.9 Å². The van der Waals surface area contributed by atoms with Crippen molar-refractivity contribution >= 4 is 91.0 Å². The molecular formula is C48H57BrN11O5P. The van der Waals surface area contributed by atoms with E-state index in [1.807, 2.05) is 30.3 Å². The maximum atomic E-state index is 13.6. The normalized spacial score (nSPS) is 18.0. The molecule has 0 aliphatic carbocycles. The highest BCUT2D eigenvalue weighted by atomic mass is 79.9. The first-order valence-electron chi connectivity index (χ1n) is 22.7. The van der Waals surface area contributed by atoms with Crippen molar-refractivity contribution in [2.75, 3.05) is 81.8 Å². The number of hydrogen-bond donors (Lipinski definition) is 3. The SMILES string of the molecule is CCc1cc(Nc2ncc(Br)c(Nc3cnc4ccccc4c3P(C)(C)=O)n2)c(OC)cc1N1CCC(N2CCN(CCc3ccc4c(c3)n(C)c(=O)n4C3CCC(=O)NC3=O)CC2)CC1. The van der Waals surface area contributed by atoms with E-state index < -0.39 is 19.1 Å². The fourth-order valence-corrected chi connectivity index (χ4v) is 11.7. The van der Waals surface area contributed by atoms with Gasteiger partial charge in [-0.15, -0.1) is 0 Å². The molecule has 3 fully saturated rings. The third kappa shape index (κ3) is 9.22. The van der Waals surface area contributed by atoms with Crippen LogP contribution in [0.3, 0.4) is 0 Å². The molecule has 346 valence electrons. The van der Waals surface area contributed by atoms with Gasteiger partial charge in [0.15, 0.2) is 0 Å². The standard InChI is InChI=1S/C48H57BrN11O5P/c1-6-31-26-36(53-47-51-28-34(49)45(55-47)52-37-29-50-35-10-8-7-9-33(35)44(37)66(4,5)64)42(65-3)27-40(31)59-19-16-32(17-20-59)58-23-21-57(22-24-58)18-15-30-11-12-38-41(25-30)56(2)48(63)60(38)39-13-14-43(61)54-46(39)62/h7-12,25-29,32,39H,6,13-24H2,1-5H3,(H,54,61,62)(H2,51,52,53,55). The minimum Gasteiger partial charge on any atom is -0.494 e. The second-order valence-electron chi connectivity index (χ2n) is 17.9. The Balaban J connectivity index is 0.804. The van der Waals surface area contributed by atoms with Crippen LogP contribution in [0.15, 0.2) is 76.3 Å². The van der Waals surface area contributed by atoms with Gasteiger partial charge in [0, 0.05) is 94.0 Å². The van der Waals surface area contributed by atoms with E-state index in [2.05, 4.69) is 87.7 Å². The predicted octanol–water partition coefficient (Wildman–Crippen LogP) is 6.55. The van der Waals surface area contributed by atoms with Crippen LogP contribution in [0, 0.1) is 0 Å². The number of ether oxygens (including phenoxy) is 1. The number of imidazole rings is 1. The second-order valence-corrected chi connectivity index (χ2v) is 21.9. The first kappa shape index (κ1) is 45.5. The van der Waals surface area contributed by atoms with Gasteiger partial charge in [0.05, 0.1) is 45.7 Å². The summed E-state index contributed by atoms with van der Waals surface area (Å²) in [4.78, 5) is 59.3. The van der Waals surface area contributed by atoms with E-state index in [4.69, 9.17) is 9.72 Å². The number of halogens is 1. The van der Waals surface area contributed by atoms with E-state index in [1.54, 1.807) is 44.4 Å². The molecule has 6 heterocycles. The maximum absolute atomic E-state index is 13.6. The summed E-state index contributed by atoms with van der Waals surface area (Å²) in [6.07, 6.45) is 7.84. The van der Waals surface area contributed by atoms with Crippen LogP contribution in [0.4, 0.5) is 28.8 Å². The van der Waals surface area contributed by atoms with Crippen molar-refractivity contribution in [1.29, 1.82) is 0 Å². The Bertz CT molecular complexity index is 2930. The molecule has 0 radical (unpaired) electrons. The number of anilines is 5. The van der Waals surface area contributed by atoms with Gasteiger partial charge in [-0.3, -0.25) is 33.9 Å². The Kier molecular flexibility index (Phi) is 13.1. The molecule has 9 rings (SSSR count). The molecular weight excluding hydrogens is 921 g/mol. The van der Waals surface area contributed by atoms with E-state index in [-0.39, 0.29) is 18.0 Å². The van der Waals surface area contributed by atoms with Gasteiger partial charge in [0.2, 0.25) is 17.8 Å². The number of carbonyl (C=O) groups excluding carboxylic acids is 2. The molecule has 66 heavy (non-hydrogen) atoms. The molecule has 2 amide bonds. The third-order valence-corrected chi connectivity index (χ3v) is 15.6. The number of imide groups is 1. The Labute approximate surface area is 392 Å². The van der Waals surface area contributed by atoms with Crippen molar-refractivity contribution in [2.24, 2.45) is 7.05 Å². The lowest BCUT2D eigenvalue weighted by molar-refractivity contribution is -0.135. The topological polar surface area (TPSA) is 172 Å². The predicted molar refractivity (Wildman–Crippen MR) is 265 cm³/mol. The molecule has 0 saturated carbocycles. The van der Waals surface area contributed by atoms with Crippen molar-refractivity contribution in [1.82, 2.24) is 39.2 Å². The van der Waals surface area contributed by atoms with Gasteiger partial charge in [0.25, 0.3) is 0 Å². The van der Waals surface area contributed by atoms with E-state index in [0.717, 1.165) is 104 Å². The number of piperidine rings is 2. The molecule has 1 atom stereocenters. The zero-order valence-corrected chi connectivity index (χ0v) is 40.6. The number of methoxy groups -OCH3 is 1. The van der Waals surface area contributed by atoms with Crippen LogP contribution in [0.1, 0.15) is 49.8 Å². The van der Waals surface area contributed by atoms with Gasteiger partial charge in [-0.25, -0.2) is 9.78 Å².